The molecule has 2 aromatic carbocycles. The minimum atomic E-state index is -0.606. The zero-order valence-corrected chi connectivity index (χ0v) is 17.7. The molecular weight excluding hydrogens is 398 g/mol. The molecule has 0 radical (unpaired) electrons. The maximum atomic E-state index is 12.8. The molecule has 6 heteroatoms. The third-order valence-electron chi connectivity index (χ3n) is 4.43. The SMILES string of the molecule is Cc1cccc(OCC(=O)N[C@@H](Cc2ccccc2)C(=O)CSCc2ccco2)c1. The molecule has 30 heavy (non-hydrogen) atoms. The number of benzene rings is 2. The van der Waals surface area contributed by atoms with Gasteiger partial charge in [0, 0.05) is 0 Å². The van der Waals surface area contributed by atoms with Gasteiger partial charge < -0.3 is 14.5 Å². The number of rotatable bonds is 11. The molecule has 5 nitrogen and oxygen atoms in total. The quantitative estimate of drug-likeness (QED) is 0.501. The summed E-state index contributed by atoms with van der Waals surface area (Å²) in [7, 11) is 0. The summed E-state index contributed by atoms with van der Waals surface area (Å²) < 4.78 is 10.9. The lowest BCUT2D eigenvalue weighted by atomic mass is 10.0. The number of hydrogen-bond acceptors (Lipinski definition) is 5. The second-order valence-electron chi connectivity index (χ2n) is 6.95. The van der Waals surface area contributed by atoms with E-state index < -0.39 is 6.04 Å². The smallest absolute Gasteiger partial charge is 0.258 e. The number of carbonyl (C=O) groups excluding carboxylic acids is 2. The second kappa shape index (κ2) is 11.3. The average Bonchev–Trinajstić information content (AvgIpc) is 3.26. The van der Waals surface area contributed by atoms with Crippen molar-refractivity contribution in [1.82, 2.24) is 5.32 Å². The highest BCUT2D eigenvalue weighted by Crippen LogP contribution is 2.15. The molecular formula is C24H25NO4S. The first-order valence-corrected chi connectivity index (χ1v) is 10.9. The van der Waals surface area contributed by atoms with Gasteiger partial charge in [-0.1, -0.05) is 42.5 Å². The molecule has 156 valence electrons. The van der Waals surface area contributed by atoms with E-state index in [1.165, 1.54) is 11.8 Å². The zero-order valence-electron chi connectivity index (χ0n) is 16.9. The molecule has 1 N–H and O–H groups in total. The third kappa shape index (κ3) is 7.12. The summed E-state index contributed by atoms with van der Waals surface area (Å²) in [5.74, 6) is 2.01. The lowest BCUT2D eigenvalue weighted by Crippen LogP contribution is -2.45. The Balaban J connectivity index is 1.56. The standard InChI is InChI=1S/C24H25NO4S/c1-18-7-5-10-20(13-18)29-15-24(27)25-22(14-19-8-3-2-4-9-19)23(26)17-30-16-21-11-6-12-28-21/h2-13,22H,14-17H2,1H3,(H,25,27)/t22-/m0/s1. The lowest BCUT2D eigenvalue weighted by molar-refractivity contribution is -0.128. The Morgan fingerprint density at radius 1 is 1.07 bits per heavy atom. The van der Waals surface area contributed by atoms with Crippen molar-refractivity contribution >= 4 is 23.5 Å². The van der Waals surface area contributed by atoms with Crippen LogP contribution in [0, 0.1) is 6.92 Å². The summed E-state index contributed by atoms with van der Waals surface area (Å²) in [6.07, 6.45) is 2.06. The third-order valence-corrected chi connectivity index (χ3v) is 5.41. The number of Topliss-reactive ketones (excluding diaryl/α,β-unsaturated/α-hetero) is 1. The van der Waals surface area contributed by atoms with Crippen LogP contribution in [0.4, 0.5) is 0 Å². The van der Waals surface area contributed by atoms with Gasteiger partial charge in [-0.15, -0.1) is 11.8 Å². The van der Waals surface area contributed by atoms with E-state index in [0.29, 0.717) is 17.9 Å². The molecule has 0 bridgehead atoms. The van der Waals surface area contributed by atoms with E-state index >= 15 is 0 Å². The molecule has 3 rings (SSSR count). The van der Waals surface area contributed by atoms with Crippen LogP contribution in [0.2, 0.25) is 0 Å². The van der Waals surface area contributed by atoms with E-state index in [9.17, 15) is 9.59 Å². The van der Waals surface area contributed by atoms with E-state index in [1.807, 2.05) is 67.6 Å². The number of furan rings is 1. The lowest BCUT2D eigenvalue weighted by Gasteiger charge is -2.18. The highest BCUT2D eigenvalue weighted by Gasteiger charge is 2.21. The molecule has 1 aromatic heterocycles. The Kier molecular flexibility index (Phi) is 8.15. The van der Waals surface area contributed by atoms with Crippen LogP contribution in [-0.2, 0) is 21.8 Å². The Labute approximate surface area is 180 Å². The minimum Gasteiger partial charge on any atom is -0.484 e. The first-order valence-electron chi connectivity index (χ1n) is 9.76. The van der Waals surface area contributed by atoms with Gasteiger partial charge in [-0.3, -0.25) is 9.59 Å². The minimum absolute atomic E-state index is 0.0284. The van der Waals surface area contributed by atoms with Crippen molar-refractivity contribution in [3.63, 3.8) is 0 Å². The second-order valence-corrected chi connectivity index (χ2v) is 7.94. The number of hydrogen-bond donors (Lipinski definition) is 1. The molecule has 0 aliphatic rings. The van der Waals surface area contributed by atoms with Crippen LogP contribution in [-0.4, -0.2) is 30.1 Å². The van der Waals surface area contributed by atoms with Gasteiger partial charge in [0.2, 0.25) is 0 Å². The van der Waals surface area contributed by atoms with E-state index in [1.54, 1.807) is 12.3 Å². The van der Waals surface area contributed by atoms with Crippen molar-refractivity contribution in [2.24, 2.45) is 0 Å². The van der Waals surface area contributed by atoms with Crippen LogP contribution in [0.25, 0.3) is 0 Å². The summed E-state index contributed by atoms with van der Waals surface area (Å²) in [5.41, 5.74) is 2.05. The number of thioether (sulfide) groups is 1. The molecule has 1 heterocycles. The molecule has 0 aliphatic carbocycles. The van der Waals surface area contributed by atoms with Gasteiger partial charge >= 0.3 is 0 Å². The van der Waals surface area contributed by atoms with Crippen LogP contribution in [0.5, 0.6) is 5.75 Å². The Bertz CT molecular complexity index is 941. The van der Waals surface area contributed by atoms with Gasteiger partial charge in [-0.2, -0.15) is 0 Å². The zero-order chi connectivity index (χ0) is 21.2. The fourth-order valence-corrected chi connectivity index (χ4v) is 3.80. The molecule has 0 saturated heterocycles. The fraction of sp³-hybridized carbons (Fsp3) is 0.250. The molecule has 3 aromatic rings. The van der Waals surface area contributed by atoms with Crippen molar-refractivity contribution in [2.75, 3.05) is 12.4 Å². The molecule has 1 atom stereocenters. The van der Waals surface area contributed by atoms with E-state index in [-0.39, 0.29) is 24.1 Å². The molecule has 0 saturated carbocycles. The fourth-order valence-electron chi connectivity index (χ4n) is 2.93. The number of amides is 1. The summed E-state index contributed by atoms with van der Waals surface area (Å²) in [4.78, 5) is 25.3. The van der Waals surface area contributed by atoms with Crippen LogP contribution in [0.3, 0.4) is 0 Å². The largest absolute Gasteiger partial charge is 0.484 e. The highest BCUT2D eigenvalue weighted by molar-refractivity contribution is 7.99. The molecule has 0 unspecified atom stereocenters. The van der Waals surface area contributed by atoms with Crippen molar-refractivity contribution in [3.05, 3.63) is 89.9 Å². The van der Waals surface area contributed by atoms with E-state index in [2.05, 4.69) is 5.32 Å². The molecule has 0 fully saturated rings. The monoisotopic (exact) mass is 423 g/mol. The number of aryl methyl sites for hydroxylation is 1. The maximum Gasteiger partial charge on any atom is 0.258 e. The maximum absolute atomic E-state index is 12.8. The summed E-state index contributed by atoms with van der Waals surface area (Å²) in [6.45, 7) is 1.82. The van der Waals surface area contributed by atoms with Gasteiger partial charge in [0.1, 0.15) is 11.5 Å². The Morgan fingerprint density at radius 3 is 2.63 bits per heavy atom. The highest BCUT2D eigenvalue weighted by atomic mass is 32.2. The molecule has 0 aliphatic heterocycles. The predicted molar refractivity (Wildman–Crippen MR) is 119 cm³/mol. The first-order chi connectivity index (χ1) is 14.6. The van der Waals surface area contributed by atoms with Gasteiger partial charge in [-0.25, -0.2) is 0 Å². The van der Waals surface area contributed by atoms with Gasteiger partial charge in [0.15, 0.2) is 12.4 Å². The topological polar surface area (TPSA) is 68.5 Å². The summed E-state index contributed by atoms with van der Waals surface area (Å²) in [5, 5.41) is 2.84. The number of carbonyl (C=O) groups is 2. The average molecular weight is 424 g/mol. The summed E-state index contributed by atoms with van der Waals surface area (Å²) >= 11 is 1.47. The normalized spacial score (nSPS) is 11.6. The van der Waals surface area contributed by atoms with Crippen LogP contribution < -0.4 is 10.1 Å². The Hall–Kier alpha value is -2.99. The van der Waals surface area contributed by atoms with E-state index in [4.69, 9.17) is 9.15 Å². The van der Waals surface area contributed by atoms with Crippen LogP contribution in [0.1, 0.15) is 16.9 Å². The van der Waals surface area contributed by atoms with Crippen LogP contribution >= 0.6 is 11.8 Å². The first kappa shape index (κ1) is 21.7. The van der Waals surface area contributed by atoms with Gasteiger partial charge in [0.25, 0.3) is 5.91 Å². The van der Waals surface area contributed by atoms with Crippen LogP contribution in [0.15, 0.2) is 77.4 Å². The number of ketones is 1. The van der Waals surface area contributed by atoms with Crippen molar-refractivity contribution in [3.8, 4) is 5.75 Å². The number of ether oxygens (including phenoxy) is 1. The number of nitrogens with one attached hydrogen (secondary N) is 1. The Morgan fingerprint density at radius 2 is 1.90 bits per heavy atom. The van der Waals surface area contributed by atoms with Crippen molar-refractivity contribution in [2.45, 2.75) is 25.1 Å². The van der Waals surface area contributed by atoms with Crippen molar-refractivity contribution < 1.29 is 18.7 Å². The van der Waals surface area contributed by atoms with Gasteiger partial charge in [-0.05, 0) is 48.7 Å². The predicted octanol–water partition coefficient (Wildman–Crippen LogP) is 4.20. The molecule has 0 spiro atoms. The van der Waals surface area contributed by atoms with Crippen molar-refractivity contribution in [1.29, 1.82) is 0 Å². The van der Waals surface area contributed by atoms with E-state index in [0.717, 1.165) is 16.9 Å². The summed E-state index contributed by atoms with van der Waals surface area (Å²) in [6, 6.07) is 20.3. The molecule has 1 amide bonds. The van der Waals surface area contributed by atoms with Gasteiger partial charge in [0.05, 0.1) is 23.8 Å².